The molecule has 5 aromatic rings. The van der Waals surface area contributed by atoms with Gasteiger partial charge in [-0.25, -0.2) is 9.78 Å². The standard InChI is InChI=1S/C26H16N4O2S/c27-30-29-23-22-20(17-10-4-1-5-11-17)16-21(18-12-6-2-7-13-18)28-25(22)33-24(23)26(31)32-19-14-8-3-9-15-19/h1-16H. The molecule has 0 N–H and O–H groups in total. The van der Waals surface area contributed by atoms with Crippen LogP contribution in [-0.4, -0.2) is 11.0 Å². The molecule has 7 heteroatoms. The van der Waals surface area contributed by atoms with E-state index in [-0.39, 0.29) is 10.6 Å². The molecule has 0 atom stereocenters. The molecule has 0 unspecified atom stereocenters. The quantitative estimate of drug-likeness (QED) is 0.0903. The summed E-state index contributed by atoms with van der Waals surface area (Å²) in [6, 6.07) is 30.3. The number of pyridine rings is 1. The Bertz CT molecular complexity index is 1490. The molecule has 0 bridgehead atoms. The van der Waals surface area contributed by atoms with E-state index in [0.29, 0.717) is 16.0 Å². The van der Waals surface area contributed by atoms with Gasteiger partial charge < -0.3 is 4.74 Å². The second kappa shape index (κ2) is 8.96. The van der Waals surface area contributed by atoms with Crippen LogP contribution in [0, 0.1) is 0 Å². The van der Waals surface area contributed by atoms with E-state index in [1.807, 2.05) is 72.8 Å². The highest BCUT2D eigenvalue weighted by molar-refractivity contribution is 7.21. The molecule has 0 fully saturated rings. The van der Waals surface area contributed by atoms with E-state index in [2.05, 4.69) is 10.0 Å². The normalized spacial score (nSPS) is 10.5. The van der Waals surface area contributed by atoms with E-state index in [1.54, 1.807) is 24.3 Å². The number of nitrogens with zero attached hydrogens (tertiary/aromatic N) is 4. The largest absolute Gasteiger partial charge is 0.422 e. The van der Waals surface area contributed by atoms with Crippen molar-refractivity contribution in [1.82, 2.24) is 4.98 Å². The van der Waals surface area contributed by atoms with Gasteiger partial charge in [-0.1, -0.05) is 84.0 Å². The Balaban J connectivity index is 1.75. The molecular formula is C26H16N4O2S. The van der Waals surface area contributed by atoms with Crippen molar-refractivity contribution in [3.63, 3.8) is 0 Å². The number of thiophene rings is 1. The topological polar surface area (TPSA) is 88.0 Å². The number of benzene rings is 3. The number of hydrogen-bond donors (Lipinski definition) is 0. The van der Waals surface area contributed by atoms with Crippen molar-refractivity contribution in [2.45, 2.75) is 0 Å². The Morgan fingerprint density at radius 3 is 2.12 bits per heavy atom. The van der Waals surface area contributed by atoms with Crippen LogP contribution >= 0.6 is 11.3 Å². The van der Waals surface area contributed by atoms with Crippen molar-refractivity contribution in [2.75, 3.05) is 0 Å². The van der Waals surface area contributed by atoms with Crippen LogP contribution in [0.15, 0.2) is 102 Å². The second-order valence-electron chi connectivity index (χ2n) is 7.14. The van der Waals surface area contributed by atoms with Gasteiger partial charge in [0.25, 0.3) is 0 Å². The fourth-order valence-corrected chi connectivity index (χ4v) is 4.62. The highest BCUT2D eigenvalue weighted by atomic mass is 32.1. The van der Waals surface area contributed by atoms with Crippen molar-refractivity contribution in [3.05, 3.63) is 112 Å². The van der Waals surface area contributed by atoms with Crippen LogP contribution in [0.25, 0.3) is 43.0 Å². The molecule has 5 rings (SSSR count). The van der Waals surface area contributed by atoms with Crippen molar-refractivity contribution < 1.29 is 9.53 Å². The molecule has 158 valence electrons. The zero-order valence-corrected chi connectivity index (χ0v) is 18.1. The summed E-state index contributed by atoms with van der Waals surface area (Å²) >= 11 is 1.16. The van der Waals surface area contributed by atoms with Gasteiger partial charge in [0.05, 0.1) is 11.4 Å². The molecular weight excluding hydrogens is 432 g/mol. The maximum absolute atomic E-state index is 13.1. The lowest BCUT2D eigenvalue weighted by atomic mass is 9.99. The van der Waals surface area contributed by atoms with E-state index in [0.717, 1.165) is 33.7 Å². The van der Waals surface area contributed by atoms with Gasteiger partial charge in [-0.3, -0.25) is 0 Å². The number of aromatic nitrogens is 1. The molecule has 0 aliphatic carbocycles. The van der Waals surface area contributed by atoms with Crippen LogP contribution in [0.2, 0.25) is 0 Å². The number of carbonyl (C=O) groups is 1. The van der Waals surface area contributed by atoms with Crippen LogP contribution in [0.4, 0.5) is 5.69 Å². The highest BCUT2D eigenvalue weighted by Crippen LogP contribution is 2.44. The van der Waals surface area contributed by atoms with E-state index in [1.165, 1.54) is 0 Å². The molecule has 6 nitrogen and oxygen atoms in total. The molecule has 2 heterocycles. The molecule has 0 saturated heterocycles. The molecule has 0 amide bonds. The van der Waals surface area contributed by atoms with Gasteiger partial charge in [0, 0.05) is 15.9 Å². The summed E-state index contributed by atoms with van der Waals surface area (Å²) in [5, 5.41) is 4.52. The summed E-state index contributed by atoms with van der Waals surface area (Å²) in [5.74, 6) is -0.181. The molecule has 0 radical (unpaired) electrons. The van der Waals surface area contributed by atoms with Crippen LogP contribution in [-0.2, 0) is 0 Å². The fourth-order valence-electron chi connectivity index (χ4n) is 3.61. The predicted molar refractivity (Wildman–Crippen MR) is 131 cm³/mol. The molecule has 0 aliphatic rings. The minimum Gasteiger partial charge on any atom is -0.422 e. The Kier molecular flexibility index (Phi) is 5.55. The van der Waals surface area contributed by atoms with Crippen molar-refractivity contribution >= 4 is 33.2 Å². The Hall–Kier alpha value is -4.45. The summed E-state index contributed by atoms with van der Waals surface area (Å²) in [5.41, 5.74) is 13.0. The summed E-state index contributed by atoms with van der Waals surface area (Å²) < 4.78 is 5.54. The van der Waals surface area contributed by atoms with Gasteiger partial charge in [-0.2, -0.15) is 0 Å². The fraction of sp³-hybridized carbons (Fsp3) is 0. The summed E-state index contributed by atoms with van der Waals surface area (Å²) in [6.07, 6.45) is 0. The third-order valence-electron chi connectivity index (χ3n) is 5.08. The van der Waals surface area contributed by atoms with E-state index >= 15 is 0 Å². The Morgan fingerprint density at radius 2 is 1.48 bits per heavy atom. The third-order valence-corrected chi connectivity index (χ3v) is 6.13. The van der Waals surface area contributed by atoms with Crippen LogP contribution in [0.3, 0.4) is 0 Å². The number of carbonyl (C=O) groups excluding carboxylic acids is 1. The van der Waals surface area contributed by atoms with E-state index < -0.39 is 5.97 Å². The molecule has 0 spiro atoms. The molecule has 3 aromatic carbocycles. The average molecular weight is 449 g/mol. The van der Waals surface area contributed by atoms with Gasteiger partial charge in [0.1, 0.15) is 15.5 Å². The zero-order chi connectivity index (χ0) is 22.6. The first-order valence-corrected chi connectivity index (χ1v) is 11.0. The molecule has 33 heavy (non-hydrogen) atoms. The van der Waals surface area contributed by atoms with Crippen LogP contribution < -0.4 is 4.74 Å². The van der Waals surface area contributed by atoms with Gasteiger partial charge >= 0.3 is 5.97 Å². The van der Waals surface area contributed by atoms with E-state index in [9.17, 15) is 10.3 Å². The summed E-state index contributed by atoms with van der Waals surface area (Å²) in [4.78, 5) is 21.7. The van der Waals surface area contributed by atoms with Crippen LogP contribution in [0.5, 0.6) is 5.75 Å². The summed E-state index contributed by atoms with van der Waals surface area (Å²) in [7, 11) is 0. The van der Waals surface area contributed by atoms with Gasteiger partial charge in [-0.15, -0.1) is 11.3 Å². The van der Waals surface area contributed by atoms with Crippen molar-refractivity contribution in [3.8, 4) is 28.1 Å². The smallest absolute Gasteiger partial charge is 0.354 e. The highest BCUT2D eigenvalue weighted by Gasteiger charge is 2.24. The average Bonchev–Trinajstić information content (AvgIpc) is 3.24. The lowest BCUT2D eigenvalue weighted by Crippen LogP contribution is -2.06. The number of fused-ring (bicyclic) bond motifs is 1. The van der Waals surface area contributed by atoms with Gasteiger partial charge in [0.2, 0.25) is 0 Å². The number of rotatable bonds is 5. The number of esters is 1. The lowest BCUT2D eigenvalue weighted by molar-refractivity contribution is 0.0740. The molecule has 0 aliphatic heterocycles. The molecule has 0 saturated carbocycles. The monoisotopic (exact) mass is 448 g/mol. The van der Waals surface area contributed by atoms with Gasteiger partial charge in [0.15, 0.2) is 0 Å². The van der Waals surface area contributed by atoms with E-state index in [4.69, 9.17) is 9.72 Å². The maximum Gasteiger partial charge on any atom is 0.354 e. The Morgan fingerprint density at radius 1 is 0.879 bits per heavy atom. The first-order chi connectivity index (χ1) is 16.2. The minimum atomic E-state index is -0.591. The second-order valence-corrected chi connectivity index (χ2v) is 8.14. The first kappa shape index (κ1) is 20.5. The number of para-hydroxylation sites is 1. The SMILES string of the molecule is [N-]=[N+]=Nc1c(C(=O)Oc2ccccc2)sc2nc(-c3ccccc3)cc(-c3ccccc3)c12. The van der Waals surface area contributed by atoms with Crippen molar-refractivity contribution in [2.24, 2.45) is 5.11 Å². The maximum atomic E-state index is 13.1. The minimum absolute atomic E-state index is 0.210. The number of azide groups is 1. The predicted octanol–water partition coefficient (Wildman–Crippen LogP) is 7.79. The summed E-state index contributed by atoms with van der Waals surface area (Å²) in [6.45, 7) is 0. The van der Waals surface area contributed by atoms with Gasteiger partial charge in [-0.05, 0) is 34.9 Å². The number of ether oxygens (including phenoxy) is 1. The third kappa shape index (κ3) is 4.06. The Labute approximate surface area is 193 Å². The lowest BCUT2D eigenvalue weighted by Gasteiger charge is -2.09. The number of hydrogen-bond acceptors (Lipinski definition) is 5. The first-order valence-electron chi connectivity index (χ1n) is 10.2. The molecule has 2 aromatic heterocycles. The zero-order valence-electron chi connectivity index (χ0n) is 17.3. The van der Waals surface area contributed by atoms with Crippen LogP contribution in [0.1, 0.15) is 9.67 Å². The van der Waals surface area contributed by atoms with Crippen molar-refractivity contribution in [1.29, 1.82) is 0 Å².